The largest absolute Gasteiger partial charge is 0.456 e. The number of ether oxygens (including phenoxy) is 1. The van der Waals surface area contributed by atoms with Crippen LogP contribution in [0.3, 0.4) is 0 Å². The number of hydrogen-bond donors (Lipinski definition) is 0. The predicted molar refractivity (Wildman–Crippen MR) is 112 cm³/mol. The number of pyridine rings is 1. The van der Waals surface area contributed by atoms with Crippen LogP contribution in [0.4, 0.5) is 0 Å². The van der Waals surface area contributed by atoms with Crippen molar-refractivity contribution >= 4 is 21.5 Å². The van der Waals surface area contributed by atoms with E-state index < -0.39 is 0 Å². The molecule has 27 heavy (non-hydrogen) atoms. The van der Waals surface area contributed by atoms with Gasteiger partial charge in [-0.3, -0.25) is 0 Å². The summed E-state index contributed by atoms with van der Waals surface area (Å²) < 4.78 is 8.82. The number of fused-ring (bicyclic) bond motifs is 3. The smallest absolute Gasteiger partial charge is 0.228 e. The van der Waals surface area contributed by atoms with Crippen LogP contribution in [0.5, 0.6) is 11.5 Å². The van der Waals surface area contributed by atoms with Gasteiger partial charge in [-0.1, -0.05) is 44.2 Å². The number of rotatable bonds is 1. The summed E-state index contributed by atoms with van der Waals surface area (Å²) in [5.74, 6) is 2.40. The second-order valence-electron chi connectivity index (χ2n) is 8.03. The first-order valence-corrected chi connectivity index (χ1v) is 9.63. The molecule has 0 saturated heterocycles. The van der Waals surface area contributed by atoms with Gasteiger partial charge in [-0.15, -0.1) is 0 Å². The van der Waals surface area contributed by atoms with E-state index in [1.54, 1.807) is 0 Å². The Morgan fingerprint density at radius 3 is 2.44 bits per heavy atom. The third-order valence-corrected chi connectivity index (χ3v) is 6.02. The summed E-state index contributed by atoms with van der Waals surface area (Å²) >= 11 is 0. The molecule has 0 bridgehead atoms. The fraction of sp³-hybridized carbons (Fsp3) is 0.240. The van der Waals surface area contributed by atoms with Crippen molar-refractivity contribution in [1.29, 1.82) is 0 Å². The minimum Gasteiger partial charge on any atom is -0.456 e. The van der Waals surface area contributed by atoms with Crippen molar-refractivity contribution in [3.05, 3.63) is 65.4 Å². The molecule has 0 saturated carbocycles. The summed E-state index contributed by atoms with van der Waals surface area (Å²) in [7, 11) is 2.16. The van der Waals surface area contributed by atoms with E-state index in [0.717, 1.165) is 11.5 Å². The monoisotopic (exact) mass is 354 g/mol. The molecule has 0 N–H and O–H groups in total. The lowest BCUT2D eigenvalue weighted by atomic mass is 9.90. The molecule has 5 rings (SSSR count). The van der Waals surface area contributed by atoms with Gasteiger partial charge in [0.2, 0.25) is 5.69 Å². The Hall–Kier alpha value is -2.87. The molecule has 0 amide bonds. The Balaban J connectivity index is 1.98. The molecular weight excluding hydrogens is 330 g/mol. The van der Waals surface area contributed by atoms with E-state index in [0.29, 0.717) is 5.92 Å². The first-order valence-electron chi connectivity index (χ1n) is 9.63. The van der Waals surface area contributed by atoms with Gasteiger partial charge in [0.1, 0.15) is 18.5 Å². The minimum absolute atomic E-state index is 0.465. The molecule has 1 aliphatic heterocycles. The van der Waals surface area contributed by atoms with Gasteiger partial charge < -0.3 is 4.74 Å². The molecule has 2 heterocycles. The zero-order valence-electron chi connectivity index (χ0n) is 16.6. The van der Waals surface area contributed by atoms with Crippen molar-refractivity contribution in [2.75, 3.05) is 0 Å². The van der Waals surface area contributed by atoms with Crippen LogP contribution in [0.15, 0.2) is 48.5 Å². The highest BCUT2D eigenvalue weighted by Crippen LogP contribution is 2.49. The van der Waals surface area contributed by atoms with E-state index in [2.05, 4.69) is 87.8 Å². The van der Waals surface area contributed by atoms with Gasteiger partial charge in [0, 0.05) is 13.0 Å². The van der Waals surface area contributed by atoms with Crippen molar-refractivity contribution in [3.8, 4) is 22.8 Å². The molecule has 2 nitrogen and oxygen atoms in total. The summed E-state index contributed by atoms with van der Waals surface area (Å²) in [6.45, 7) is 8.87. The predicted octanol–water partition coefficient (Wildman–Crippen LogP) is 6.33. The highest BCUT2D eigenvalue weighted by molar-refractivity contribution is 6.05. The maximum atomic E-state index is 6.51. The van der Waals surface area contributed by atoms with Crippen LogP contribution < -0.4 is 9.30 Å². The highest BCUT2D eigenvalue weighted by atomic mass is 16.5. The maximum absolute atomic E-state index is 6.51. The van der Waals surface area contributed by atoms with Crippen LogP contribution >= 0.6 is 0 Å². The Morgan fingerprint density at radius 2 is 1.67 bits per heavy atom. The van der Waals surface area contributed by atoms with Crippen LogP contribution in [-0.4, -0.2) is 0 Å². The molecule has 0 atom stereocenters. The van der Waals surface area contributed by atoms with Gasteiger partial charge in [-0.25, -0.2) is 0 Å². The third kappa shape index (κ3) is 2.22. The fourth-order valence-electron chi connectivity index (χ4n) is 4.39. The summed E-state index contributed by atoms with van der Waals surface area (Å²) in [5.41, 5.74) is 6.33. The Morgan fingerprint density at radius 1 is 0.889 bits per heavy atom. The molecule has 1 aliphatic rings. The van der Waals surface area contributed by atoms with Gasteiger partial charge in [-0.2, -0.15) is 4.57 Å². The van der Waals surface area contributed by atoms with Gasteiger partial charge in [0.15, 0.2) is 5.69 Å². The van der Waals surface area contributed by atoms with Crippen molar-refractivity contribution in [2.45, 2.75) is 33.6 Å². The van der Waals surface area contributed by atoms with Crippen LogP contribution in [0, 0.1) is 13.8 Å². The van der Waals surface area contributed by atoms with Crippen molar-refractivity contribution in [1.82, 2.24) is 0 Å². The van der Waals surface area contributed by atoms with Gasteiger partial charge >= 0.3 is 0 Å². The minimum atomic E-state index is 0.465. The molecular formula is C25H24NO+. The molecule has 0 aliphatic carbocycles. The number of hydrogen-bond acceptors (Lipinski definition) is 1. The molecule has 0 spiro atoms. The summed E-state index contributed by atoms with van der Waals surface area (Å²) in [6.07, 6.45) is 0. The SMILES string of the molecule is Cc1c2c(cc3ccccc13)Oc1cc(C(C)C)cc3cc(C)[n+](C)c-2c13. The Labute approximate surface area is 160 Å². The summed E-state index contributed by atoms with van der Waals surface area (Å²) in [4.78, 5) is 0. The average Bonchev–Trinajstić information content (AvgIpc) is 2.65. The molecule has 0 unspecified atom stereocenters. The van der Waals surface area contributed by atoms with Crippen molar-refractivity contribution < 1.29 is 9.30 Å². The number of benzene rings is 3. The first-order chi connectivity index (χ1) is 13.0. The first kappa shape index (κ1) is 16.3. The van der Waals surface area contributed by atoms with Crippen LogP contribution in [0.25, 0.3) is 32.8 Å². The highest BCUT2D eigenvalue weighted by Gasteiger charge is 2.31. The van der Waals surface area contributed by atoms with E-state index in [9.17, 15) is 0 Å². The second kappa shape index (κ2) is 5.56. The topological polar surface area (TPSA) is 13.1 Å². The molecule has 1 aromatic heterocycles. The quantitative estimate of drug-likeness (QED) is 0.321. The molecule has 0 radical (unpaired) electrons. The van der Waals surface area contributed by atoms with Gasteiger partial charge in [0.25, 0.3) is 0 Å². The van der Waals surface area contributed by atoms with Crippen LogP contribution in [-0.2, 0) is 7.05 Å². The maximum Gasteiger partial charge on any atom is 0.228 e. The lowest BCUT2D eigenvalue weighted by molar-refractivity contribution is -0.665. The molecule has 134 valence electrons. The van der Waals surface area contributed by atoms with Crippen LogP contribution in [0.1, 0.15) is 36.6 Å². The van der Waals surface area contributed by atoms with Crippen LogP contribution in [0.2, 0.25) is 0 Å². The standard InChI is InChI=1S/C25H24NO/c1-14(2)18-11-19-10-15(3)26(5)25-23-16(4)20-9-7-6-8-17(20)12-21(23)27-22(13-18)24(19)25/h6-14H,1-5H3/q+1. The van der Waals surface area contributed by atoms with E-state index in [1.807, 2.05) is 0 Å². The van der Waals surface area contributed by atoms with E-state index >= 15 is 0 Å². The lowest BCUT2D eigenvalue weighted by Gasteiger charge is -2.23. The van der Waals surface area contributed by atoms with Crippen molar-refractivity contribution in [3.63, 3.8) is 0 Å². The lowest BCUT2D eigenvalue weighted by Crippen LogP contribution is -2.35. The van der Waals surface area contributed by atoms with E-state index in [-0.39, 0.29) is 0 Å². The number of aromatic nitrogens is 1. The van der Waals surface area contributed by atoms with E-state index in [1.165, 1.54) is 49.6 Å². The molecule has 3 aromatic carbocycles. The molecule has 0 fully saturated rings. The van der Waals surface area contributed by atoms with Gasteiger partial charge in [-0.05, 0) is 52.3 Å². The van der Waals surface area contributed by atoms with Gasteiger partial charge in [0.05, 0.1) is 10.9 Å². The molecule has 4 aromatic rings. The summed E-state index contributed by atoms with van der Waals surface area (Å²) in [5, 5.41) is 5.00. The summed E-state index contributed by atoms with van der Waals surface area (Å²) in [6, 6.07) is 17.6. The van der Waals surface area contributed by atoms with Crippen molar-refractivity contribution in [2.24, 2.45) is 7.05 Å². The normalized spacial score (nSPS) is 12.5. The van der Waals surface area contributed by atoms with E-state index in [4.69, 9.17) is 4.74 Å². The molecule has 2 heteroatoms. The Kier molecular flexibility index (Phi) is 3.36. The zero-order valence-corrected chi connectivity index (χ0v) is 16.6. The Bertz CT molecular complexity index is 1250. The number of aryl methyl sites for hydroxylation is 2. The number of nitrogens with zero attached hydrogens (tertiary/aromatic N) is 1. The fourth-order valence-corrected chi connectivity index (χ4v) is 4.39. The average molecular weight is 354 g/mol. The third-order valence-electron chi connectivity index (χ3n) is 6.02. The zero-order chi connectivity index (χ0) is 18.9. The second-order valence-corrected chi connectivity index (χ2v) is 8.03.